The number of carbonyl (C=O) groups excluding carboxylic acids is 1. The van der Waals surface area contributed by atoms with Crippen LogP contribution in [-0.4, -0.2) is 56.7 Å². The molecule has 0 radical (unpaired) electrons. The number of aromatic nitrogens is 3. The van der Waals surface area contributed by atoms with E-state index in [2.05, 4.69) is 32.0 Å². The molecule has 28 heavy (non-hydrogen) atoms. The molecule has 2 aromatic heterocycles. The van der Waals surface area contributed by atoms with Crippen molar-refractivity contribution in [3.8, 4) is 0 Å². The monoisotopic (exact) mass is 381 g/mol. The summed E-state index contributed by atoms with van der Waals surface area (Å²) in [4.78, 5) is 22.4. The molecule has 150 valence electrons. The lowest BCUT2D eigenvalue weighted by atomic mass is 9.73. The van der Waals surface area contributed by atoms with Gasteiger partial charge in [0.2, 0.25) is 0 Å². The van der Waals surface area contributed by atoms with Gasteiger partial charge in [-0.3, -0.25) is 19.4 Å². The van der Waals surface area contributed by atoms with Gasteiger partial charge in [-0.2, -0.15) is 5.10 Å². The molecule has 0 N–H and O–H groups in total. The largest absolute Gasteiger partial charge is 0.338 e. The Morgan fingerprint density at radius 3 is 2.61 bits per heavy atom. The molecule has 4 heterocycles. The molecule has 2 fully saturated rings. The highest BCUT2D eigenvalue weighted by Gasteiger charge is 2.41. The van der Waals surface area contributed by atoms with Crippen molar-refractivity contribution in [2.75, 3.05) is 26.2 Å². The van der Waals surface area contributed by atoms with Crippen LogP contribution in [0.3, 0.4) is 0 Å². The second kappa shape index (κ2) is 7.66. The van der Waals surface area contributed by atoms with Gasteiger partial charge in [0, 0.05) is 50.5 Å². The highest BCUT2D eigenvalue weighted by molar-refractivity contribution is 5.96. The highest BCUT2D eigenvalue weighted by Crippen LogP contribution is 2.39. The van der Waals surface area contributed by atoms with Gasteiger partial charge < -0.3 is 4.90 Å². The van der Waals surface area contributed by atoms with Crippen LogP contribution in [-0.2, 0) is 13.6 Å². The normalized spacial score (nSPS) is 23.3. The minimum absolute atomic E-state index is 0.157. The van der Waals surface area contributed by atoms with E-state index in [4.69, 9.17) is 0 Å². The molecule has 6 heteroatoms. The van der Waals surface area contributed by atoms with Gasteiger partial charge >= 0.3 is 0 Å². The van der Waals surface area contributed by atoms with Crippen LogP contribution in [0.25, 0.3) is 0 Å². The Morgan fingerprint density at radius 2 is 1.93 bits per heavy atom. The summed E-state index contributed by atoms with van der Waals surface area (Å²) in [7, 11) is 1.91. The van der Waals surface area contributed by atoms with Gasteiger partial charge in [-0.15, -0.1) is 0 Å². The molecular formula is C22H31N5O. The van der Waals surface area contributed by atoms with E-state index in [-0.39, 0.29) is 11.3 Å². The van der Waals surface area contributed by atoms with Crippen LogP contribution < -0.4 is 0 Å². The van der Waals surface area contributed by atoms with E-state index in [0.29, 0.717) is 0 Å². The van der Waals surface area contributed by atoms with Crippen LogP contribution >= 0.6 is 0 Å². The van der Waals surface area contributed by atoms with Crippen LogP contribution in [0.2, 0.25) is 0 Å². The van der Waals surface area contributed by atoms with E-state index >= 15 is 0 Å². The first kappa shape index (κ1) is 19.1. The van der Waals surface area contributed by atoms with Crippen molar-refractivity contribution in [2.24, 2.45) is 12.5 Å². The quantitative estimate of drug-likeness (QED) is 0.820. The lowest BCUT2D eigenvalue weighted by Gasteiger charge is -2.48. The zero-order valence-corrected chi connectivity index (χ0v) is 17.3. The minimum Gasteiger partial charge on any atom is -0.338 e. The average molecular weight is 382 g/mol. The summed E-state index contributed by atoms with van der Waals surface area (Å²) in [6.45, 7) is 8.72. The SMILES string of the molecule is Cc1nn(C)c(C)c1C(=O)N1CCCC2(CCCN(Cc3ccccn3)C2)C1. The first-order valence-corrected chi connectivity index (χ1v) is 10.4. The Balaban J connectivity index is 1.48. The molecule has 1 atom stereocenters. The van der Waals surface area contributed by atoms with Crippen LogP contribution in [0, 0.1) is 19.3 Å². The number of pyridine rings is 1. The van der Waals surface area contributed by atoms with E-state index in [1.165, 1.54) is 19.3 Å². The number of carbonyl (C=O) groups is 1. The lowest BCUT2D eigenvalue weighted by molar-refractivity contribution is 0.0109. The number of nitrogens with zero attached hydrogens (tertiary/aromatic N) is 5. The average Bonchev–Trinajstić information content (AvgIpc) is 2.94. The van der Waals surface area contributed by atoms with E-state index in [0.717, 1.165) is 61.8 Å². The predicted octanol–water partition coefficient (Wildman–Crippen LogP) is 2.95. The van der Waals surface area contributed by atoms with Crippen molar-refractivity contribution in [1.82, 2.24) is 24.6 Å². The molecule has 0 bridgehead atoms. The topological polar surface area (TPSA) is 54.3 Å². The van der Waals surface area contributed by atoms with Crippen molar-refractivity contribution in [3.05, 3.63) is 47.0 Å². The summed E-state index contributed by atoms with van der Waals surface area (Å²) in [6, 6.07) is 6.13. The number of likely N-dealkylation sites (tertiary alicyclic amines) is 2. The fraction of sp³-hybridized carbons (Fsp3) is 0.591. The van der Waals surface area contributed by atoms with Gasteiger partial charge in [0.05, 0.1) is 17.0 Å². The van der Waals surface area contributed by atoms with Gasteiger partial charge in [-0.05, 0) is 58.2 Å². The highest BCUT2D eigenvalue weighted by atomic mass is 16.2. The molecule has 2 aliphatic rings. The maximum atomic E-state index is 13.3. The van der Waals surface area contributed by atoms with Gasteiger partial charge in [-0.1, -0.05) is 6.07 Å². The Labute approximate surface area is 167 Å². The molecule has 0 aliphatic carbocycles. The molecule has 0 saturated carbocycles. The first-order valence-electron chi connectivity index (χ1n) is 10.4. The summed E-state index contributed by atoms with van der Waals surface area (Å²) < 4.78 is 1.82. The van der Waals surface area contributed by atoms with E-state index in [1.807, 2.05) is 37.8 Å². The van der Waals surface area contributed by atoms with Crippen LogP contribution in [0.1, 0.15) is 53.1 Å². The van der Waals surface area contributed by atoms with E-state index in [9.17, 15) is 4.79 Å². The fourth-order valence-electron chi connectivity index (χ4n) is 5.12. The molecule has 2 saturated heterocycles. The minimum atomic E-state index is 0.157. The number of rotatable bonds is 3. The van der Waals surface area contributed by atoms with Gasteiger partial charge in [0.1, 0.15) is 0 Å². The number of aryl methyl sites for hydroxylation is 2. The Morgan fingerprint density at radius 1 is 1.14 bits per heavy atom. The van der Waals surface area contributed by atoms with Crippen molar-refractivity contribution >= 4 is 5.91 Å². The van der Waals surface area contributed by atoms with Crippen molar-refractivity contribution in [3.63, 3.8) is 0 Å². The summed E-state index contributed by atoms with van der Waals surface area (Å²) in [5.74, 6) is 0.157. The van der Waals surface area contributed by atoms with Crippen LogP contribution in [0.4, 0.5) is 0 Å². The maximum Gasteiger partial charge on any atom is 0.257 e. The maximum absolute atomic E-state index is 13.3. The summed E-state index contributed by atoms with van der Waals surface area (Å²) in [6.07, 6.45) is 6.57. The van der Waals surface area contributed by atoms with Crippen molar-refractivity contribution in [1.29, 1.82) is 0 Å². The third kappa shape index (κ3) is 3.70. The molecule has 1 spiro atoms. The predicted molar refractivity (Wildman–Crippen MR) is 109 cm³/mol. The molecule has 0 aromatic carbocycles. The third-order valence-electron chi connectivity index (χ3n) is 6.52. The second-order valence-corrected chi connectivity index (χ2v) is 8.63. The zero-order chi connectivity index (χ0) is 19.7. The molecule has 2 aliphatic heterocycles. The number of hydrogen-bond acceptors (Lipinski definition) is 4. The van der Waals surface area contributed by atoms with Crippen molar-refractivity contribution in [2.45, 2.75) is 46.1 Å². The number of hydrogen-bond donors (Lipinski definition) is 0. The Hall–Kier alpha value is -2.21. The van der Waals surface area contributed by atoms with Crippen molar-refractivity contribution < 1.29 is 4.79 Å². The third-order valence-corrected chi connectivity index (χ3v) is 6.52. The summed E-state index contributed by atoms with van der Waals surface area (Å²) in [5, 5.41) is 4.44. The number of amides is 1. The van der Waals surface area contributed by atoms with Gasteiger partial charge in [0.15, 0.2) is 0 Å². The summed E-state index contributed by atoms with van der Waals surface area (Å²) >= 11 is 0. The van der Waals surface area contributed by atoms with E-state index in [1.54, 1.807) is 0 Å². The first-order chi connectivity index (χ1) is 13.5. The molecular weight excluding hydrogens is 350 g/mol. The lowest BCUT2D eigenvalue weighted by Crippen LogP contribution is -2.53. The van der Waals surface area contributed by atoms with Crippen LogP contribution in [0.5, 0.6) is 0 Å². The Bertz CT molecular complexity index is 842. The standard InChI is InChI=1S/C22H31N5O/c1-17-20(18(2)25(3)24-17)21(28)27-13-7-10-22(16-27)9-6-12-26(15-22)14-19-8-4-5-11-23-19/h4-5,8,11H,6-7,9-10,12-16H2,1-3H3. The fourth-order valence-corrected chi connectivity index (χ4v) is 5.12. The van der Waals surface area contributed by atoms with Gasteiger partial charge in [-0.25, -0.2) is 0 Å². The zero-order valence-electron chi connectivity index (χ0n) is 17.3. The smallest absolute Gasteiger partial charge is 0.257 e. The molecule has 6 nitrogen and oxygen atoms in total. The molecule has 4 rings (SSSR count). The van der Waals surface area contributed by atoms with Crippen LogP contribution in [0.15, 0.2) is 24.4 Å². The van der Waals surface area contributed by atoms with E-state index < -0.39 is 0 Å². The Kier molecular flexibility index (Phi) is 5.23. The summed E-state index contributed by atoms with van der Waals surface area (Å²) in [5.41, 5.74) is 3.93. The number of piperidine rings is 2. The molecule has 1 amide bonds. The van der Waals surface area contributed by atoms with Gasteiger partial charge in [0.25, 0.3) is 5.91 Å². The second-order valence-electron chi connectivity index (χ2n) is 8.63. The molecule has 2 aromatic rings. The molecule has 1 unspecified atom stereocenters.